The number of H-pyrrole nitrogens is 1. The quantitative estimate of drug-likeness (QED) is 0.849. The summed E-state index contributed by atoms with van der Waals surface area (Å²) in [4.78, 5) is 22.9. The number of nitrogens with zero attached hydrogens (tertiary/aromatic N) is 2. The molecule has 5 heteroatoms. The van der Waals surface area contributed by atoms with Crippen LogP contribution in [-0.2, 0) is 6.54 Å². The molecule has 0 saturated carbocycles. The van der Waals surface area contributed by atoms with Crippen LogP contribution >= 0.6 is 0 Å². The number of hydrogen-bond donors (Lipinski definition) is 2. The number of aromatic amines is 1. The van der Waals surface area contributed by atoms with Crippen molar-refractivity contribution >= 4 is 0 Å². The molecule has 0 fully saturated rings. The predicted octanol–water partition coefficient (Wildman–Crippen LogP) is 1.25. The lowest BCUT2D eigenvalue weighted by molar-refractivity contribution is 0.707. The molecule has 5 nitrogen and oxygen atoms in total. The highest BCUT2D eigenvalue weighted by Gasteiger charge is 2.05. The molecule has 0 radical (unpaired) electrons. The molecule has 0 atom stereocenters. The van der Waals surface area contributed by atoms with E-state index in [4.69, 9.17) is 0 Å². The van der Waals surface area contributed by atoms with E-state index in [0.717, 1.165) is 17.8 Å². The van der Waals surface area contributed by atoms with Gasteiger partial charge in [-0.3, -0.25) is 9.78 Å². The minimum atomic E-state index is -0.156. The van der Waals surface area contributed by atoms with Crippen LogP contribution in [0.2, 0.25) is 0 Å². The predicted molar refractivity (Wildman–Crippen MR) is 70.2 cm³/mol. The van der Waals surface area contributed by atoms with Gasteiger partial charge in [-0.25, -0.2) is 4.98 Å². The summed E-state index contributed by atoms with van der Waals surface area (Å²) in [5.74, 6) is 0.513. The van der Waals surface area contributed by atoms with Crippen molar-refractivity contribution in [2.45, 2.75) is 20.4 Å². The van der Waals surface area contributed by atoms with Crippen LogP contribution in [0.1, 0.15) is 18.2 Å². The lowest BCUT2D eigenvalue weighted by Gasteiger charge is -2.04. The summed E-state index contributed by atoms with van der Waals surface area (Å²) in [6.07, 6.45) is 1.71. The Balaban J connectivity index is 2.38. The fourth-order valence-corrected chi connectivity index (χ4v) is 1.64. The summed E-state index contributed by atoms with van der Waals surface area (Å²) in [6, 6.07) is 5.31. The van der Waals surface area contributed by atoms with Crippen LogP contribution in [0.3, 0.4) is 0 Å². The fraction of sp³-hybridized carbons (Fsp3) is 0.308. The van der Waals surface area contributed by atoms with E-state index in [-0.39, 0.29) is 5.56 Å². The van der Waals surface area contributed by atoms with Crippen LogP contribution in [0.15, 0.2) is 29.2 Å². The van der Waals surface area contributed by atoms with E-state index in [9.17, 15) is 4.79 Å². The number of nitrogens with one attached hydrogen (secondary N) is 2. The SMILES string of the molecule is CCNCc1cc(=O)[nH]c(-c2cc(C)ccn2)n1. The summed E-state index contributed by atoms with van der Waals surface area (Å²) < 4.78 is 0. The Hall–Kier alpha value is -2.01. The molecular formula is C13H16N4O. The highest BCUT2D eigenvalue weighted by atomic mass is 16.1. The van der Waals surface area contributed by atoms with E-state index in [0.29, 0.717) is 18.1 Å². The standard InChI is InChI=1S/C13H16N4O/c1-3-14-8-10-7-12(18)17-13(16-10)11-6-9(2)4-5-15-11/h4-7,14H,3,8H2,1-2H3,(H,16,17,18). The smallest absolute Gasteiger partial charge is 0.251 e. The number of rotatable bonds is 4. The van der Waals surface area contributed by atoms with Gasteiger partial charge in [-0.15, -0.1) is 0 Å². The summed E-state index contributed by atoms with van der Waals surface area (Å²) in [6.45, 7) is 5.41. The second kappa shape index (κ2) is 5.55. The van der Waals surface area contributed by atoms with E-state index in [1.165, 1.54) is 6.07 Å². The van der Waals surface area contributed by atoms with Gasteiger partial charge in [0.1, 0.15) is 5.69 Å². The van der Waals surface area contributed by atoms with Gasteiger partial charge in [0.05, 0.1) is 5.69 Å². The molecule has 0 unspecified atom stereocenters. The molecule has 0 saturated heterocycles. The molecule has 0 spiro atoms. The van der Waals surface area contributed by atoms with Gasteiger partial charge in [0.15, 0.2) is 5.82 Å². The first-order valence-electron chi connectivity index (χ1n) is 5.93. The third-order valence-electron chi connectivity index (χ3n) is 2.51. The molecule has 0 aromatic carbocycles. The molecule has 2 aromatic rings. The maximum absolute atomic E-state index is 11.6. The normalized spacial score (nSPS) is 10.6. The van der Waals surface area contributed by atoms with E-state index in [2.05, 4.69) is 20.3 Å². The van der Waals surface area contributed by atoms with Crippen LogP contribution in [0.5, 0.6) is 0 Å². The van der Waals surface area contributed by atoms with Crippen LogP contribution in [-0.4, -0.2) is 21.5 Å². The number of aromatic nitrogens is 3. The monoisotopic (exact) mass is 244 g/mol. The van der Waals surface area contributed by atoms with Gasteiger partial charge in [-0.2, -0.15) is 0 Å². The van der Waals surface area contributed by atoms with E-state index >= 15 is 0 Å². The van der Waals surface area contributed by atoms with Crippen molar-refractivity contribution < 1.29 is 0 Å². The van der Waals surface area contributed by atoms with Gasteiger partial charge in [0.2, 0.25) is 0 Å². The van der Waals surface area contributed by atoms with Gasteiger partial charge in [0, 0.05) is 18.8 Å². The highest BCUT2D eigenvalue weighted by molar-refractivity contribution is 5.49. The second-order valence-electron chi connectivity index (χ2n) is 4.08. The van der Waals surface area contributed by atoms with Crippen molar-refractivity contribution in [3.05, 3.63) is 46.0 Å². The van der Waals surface area contributed by atoms with Gasteiger partial charge in [-0.1, -0.05) is 6.92 Å². The fourth-order valence-electron chi connectivity index (χ4n) is 1.64. The van der Waals surface area contributed by atoms with E-state index < -0.39 is 0 Å². The molecule has 0 aliphatic carbocycles. The third kappa shape index (κ3) is 3.01. The number of pyridine rings is 1. The topological polar surface area (TPSA) is 70.7 Å². The summed E-state index contributed by atoms with van der Waals surface area (Å²) in [5.41, 5.74) is 2.33. The van der Waals surface area contributed by atoms with Crippen LogP contribution < -0.4 is 10.9 Å². The number of hydrogen-bond acceptors (Lipinski definition) is 4. The average Bonchev–Trinajstić information content (AvgIpc) is 2.36. The van der Waals surface area contributed by atoms with Crippen molar-refractivity contribution in [1.29, 1.82) is 0 Å². The molecule has 2 rings (SSSR count). The molecule has 0 aliphatic rings. The summed E-state index contributed by atoms with van der Waals surface area (Å²) >= 11 is 0. The first kappa shape index (κ1) is 12.4. The van der Waals surface area contributed by atoms with Crippen LogP contribution in [0, 0.1) is 6.92 Å². The molecular weight excluding hydrogens is 228 g/mol. The van der Waals surface area contributed by atoms with Crippen LogP contribution in [0.4, 0.5) is 0 Å². The minimum Gasteiger partial charge on any atom is -0.311 e. The zero-order valence-electron chi connectivity index (χ0n) is 10.5. The van der Waals surface area contributed by atoms with Crippen molar-refractivity contribution in [3.63, 3.8) is 0 Å². The Morgan fingerprint density at radius 3 is 2.94 bits per heavy atom. The summed E-state index contributed by atoms with van der Waals surface area (Å²) in [7, 11) is 0. The molecule has 2 aromatic heterocycles. The van der Waals surface area contributed by atoms with Crippen molar-refractivity contribution in [3.8, 4) is 11.5 Å². The molecule has 0 bridgehead atoms. The molecule has 94 valence electrons. The molecule has 0 amide bonds. The lowest BCUT2D eigenvalue weighted by atomic mass is 10.2. The maximum atomic E-state index is 11.6. The Bertz CT molecular complexity index is 592. The van der Waals surface area contributed by atoms with Crippen molar-refractivity contribution in [1.82, 2.24) is 20.3 Å². The van der Waals surface area contributed by atoms with Gasteiger partial charge >= 0.3 is 0 Å². The molecule has 2 N–H and O–H groups in total. The lowest BCUT2D eigenvalue weighted by Crippen LogP contribution is -2.17. The Morgan fingerprint density at radius 1 is 1.39 bits per heavy atom. The maximum Gasteiger partial charge on any atom is 0.251 e. The van der Waals surface area contributed by atoms with Gasteiger partial charge < -0.3 is 10.3 Å². The first-order chi connectivity index (χ1) is 8.69. The zero-order chi connectivity index (χ0) is 13.0. The molecule has 0 aliphatic heterocycles. The Kier molecular flexibility index (Phi) is 3.84. The number of aryl methyl sites for hydroxylation is 1. The van der Waals surface area contributed by atoms with Gasteiger partial charge in [0.25, 0.3) is 5.56 Å². The Labute approximate surface area is 105 Å². The largest absolute Gasteiger partial charge is 0.311 e. The first-order valence-corrected chi connectivity index (χ1v) is 5.93. The molecule has 2 heterocycles. The second-order valence-corrected chi connectivity index (χ2v) is 4.08. The minimum absolute atomic E-state index is 0.156. The van der Waals surface area contributed by atoms with E-state index in [1.807, 2.05) is 26.0 Å². The third-order valence-corrected chi connectivity index (χ3v) is 2.51. The zero-order valence-corrected chi connectivity index (χ0v) is 10.5. The summed E-state index contributed by atoms with van der Waals surface area (Å²) in [5, 5.41) is 3.15. The highest BCUT2D eigenvalue weighted by Crippen LogP contribution is 2.11. The van der Waals surface area contributed by atoms with Crippen molar-refractivity contribution in [2.75, 3.05) is 6.54 Å². The average molecular weight is 244 g/mol. The van der Waals surface area contributed by atoms with Crippen LogP contribution in [0.25, 0.3) is 11.5 Å². The van der Waals surface area contributed by atoms with Gasteiger partial charge in [-0.05, 0) is 31.2 Å². The Morgan fingerprint density at radius 2 is 2.22 bits per heavy atom. The molecule has 18 heavy (non-hydrogen) atoms. The van der Waals surface area contributed by atoms with Crippen molar-refractivity contribution in [2.24, 2.45) is 0 Å². The van der Waals surface area contributed by atoms with E-state index in [1.54, 1.807) is 6.20 Å².